The third-order valence-electron chi connectivity index (χ3n) is 6.00. The van der Waals surface area contributed by atoms with Gasteiger partial charge in [-0.2, -0.15) is 0 Å². The molecular formula is C20H24BrN5O4. The molecule has 9 nitrogen and oxygen atoms in total. The summed E-state index contributed by atoms with van der Waals surface area (Å²) in [7, 11) is 1.68. The number of amides is 2. The van der Waals surface area contributed by atoms with E-state index >= 15 is 0 Å². The zero-order chi connectivity index (χ0) is 21.3. The number of rotatable bonds is 6. The first-order valence-corrected chi connectivity index (χ1v) is 10.7. The van der Waals surface area contributed by atoms with Gasteiger partial charge in [0.1, 0.15) is 5.82 Å². The van der Waals surface area contributed by atoms with E-state index in [0.29, 0.717) is 24.3 Å². The number of halogens is 1. The summed E-state index contributed by atoms with van der Waals surface area (Å²) in [6.45, 7) is 2.68. The molecule has 160 valence electrons. The van der Waals surface area contributed by atoms with Crippen molar-refractivity contribution in [3.05, 3.63) is 34.6 Å². The molecule has 2 unspecified atom stereocenters. The number of ether oxygens (including phenoxy) is 1. The molecule has 1 aliphatic carbocycles. The van der Waals surface area contributed by atoms with Crippen LogP contribution in [0.25, 0.3) is 0 Å². The summed E-state index contributed by atoms with van der Waals surface area (Å²) in [6, 6.07) is 5.30. The van der Waals surface area contributed by atoms with Gasteiger partial charge in [-0.25, -0.2) is 9.78 Å². The molecule has 1 aliphatic heterocycles. The third-order valence-corrected chi connectivity index (χ3v) is 6.47. The first kappa shape index (κ1) is 20.6. The van der Waals surface area contributed by atoms with Gasteiger partial charge in [-0.15, -0.1) is 0 Å². The van der Waals surface area contributed by atoms with Crippen LogP contribution in [-0.4, -0.2) is 53.7 Å². The van der Waals surface area contributed by atoms with Crippen molar-refractivity contribution in [3.8, 4) is 5.95 Å². The summed E-state index contributed by atoms with van der Waals surface area (Å²) in [6.07, 6.45) is 4.56. The topological polar surface area (TPSA) is 115 Å². The Balaban J connectivity index is 1.21. The van der Waals surface area contributed by atoms with E-state index in [4.69, 9.17) is 15.0 Å². The van der Waals surface area contributed by atoms with Crippen LogP contribution in [0.4, 0.5) is 10.6 Å². The van der Waals surface area contributed by atoms with Crippen LogP contribution in [0.15, 0.2) is 33.4 Å². The second-order valence-electron chi connectivity index (χ2n) is 8.07. The van der Waals surface area contributed by atoms with Gasteiger partial charge < -0.3 is 24.8 Å². The molecule has 2 amide bonds. The number of hydrogen-bond acceptors (Lipinski definition) is 7. The van der Waals surface area contributed by atoms with Gasteiger partial charge in [-0.3, -0.25) is 4.79 Å². The number of pyridine rings is 1. The predicted molar refractivity (Wildman–Crippen MR) is 112 cm³/mol. The Morgan fingerprint density at radius 3 is 2.67 bits per heavy atom. The van der Waals surface area contributed by atoms with E-state index in [1.54, 1.807) is 7.05 Å². The average molecular weight is 478 g/mol. The second kappa shape index (κ2) is 8.63. The average Bonchev–Trinajstić information content (AvgIpc) is 3.41. The fraction of sp³-hybridized carbons (Fsp3) is 0.500. The molecule has 0 radical (unpaired) electrons. The number of aromatic nitrogens is 2. The highest BCUT2D eigenvalue weighted by atomic mass is 79.9. The summed E-state index contributed by atoms with van der Waals surface area (Å²) < 4.78 is 10.9. The van der Waals surface area contributed by atoms with Gasteiger partial charge >= 0.3 is 12.0 Å². The van der Waals surface area contributed by atoms with Gasteiger partial charge in [-0.1, -0.05) is 5.16 Å². The van der Waals surface area contributed by atoms with Crippen LogP contribution in [0.3, 0.4) is 0 Å². The van der Waals surface area contributed by atoms with E-state index < -0.39 is 12.0 Å². The lowest BCUT2D eigenvalue weighted by molar-refractivity contribution is 0.0991. The number of primary amides is 1. The molecule has 3 heterocycles. The number of nitrogens with zero attached hydrogens (tertiary/aromatic N) is 4. The van der Waals surface area contributed by atoms with E-state index in [1.807, 2.05) is 12.3 Å². The molecule has 2 aromatic heterocycles. The largest absolute Gasteiger partial charge is 0.417 e. The minimum absolute atomic E-state index is 0.0784. The SMILES string of the molecule is CN(CCC1CC2CN(c3ccc(Br)cn3)CC2C1)C(=O)Oc1cc(C(N)=O)no1. The van der Waals surface area contributed by atoms with Crippen LogP contribution in [0.2, 0.25) is 0 Å². The van der Waals surface area contributed by atoms with Crippen LogP contribution in [-0.2, 0) is 0 Å². The van der Waals surface area contributed by atoms with Gasteiger partial charge in [0, 0.05) is 37.4 Å². The van der Waals surface area contributed by atoms with E-state index in [2.05, 4.69) is 37.0 Å². The maximum atomic E-state index is 12.2. The molecular weight excluding hydrogens is 454 g/mol. The van der Waals surface area contributed by atoms with Crippen molar-refractivity contribution in [2.24, 2.45) is 23.5 Å². The second-order valence-corrected chi connectivity index (χ2v) is 8.99. The van der Waals surface area contributed by atoms with Gasteiger partial charge in [-0.05, 0) is 65.1 Å². The zero-order valence-corrected chi connectivity index (χ0v) is 18.2. The molecule has 1 saturated heterocycles. The maximum Gasteiger partial charge on any atom is 0.417 e. The van der Waals surface area contributed by atoms with Crippen molar-refractivity contribution < 1.29 is 18.8 Å². The van der Waals surface area contributed by atoms with Gasteiger partial charge in [0.25, 0.3) is 5.91 Å². The molecule has 4 rings (SSSR count). The van der Waals surface area contributed by atoms with Crippen molar-refractivity contribution in [2.45, 2.75) is 19.3 Å². The first-order valence-electron chi connectivity index (χ1n) is 9.95. The summed E-state index contributed by atoms with van der Waals surface area (Å²) in [5.74, 6) is 2.12. The molecule has 2 aromatic rings. The number of carbonyl (C=O) groups excluding carboxylic acids is 2. The number of anilines is 1. The van der Waals surface area contributed by atoms with Gasteiger partial charge in [0.15, 0.2) is 5.69 Å². The zero-order valence-electron chi connectivity index (χ0n) is 16.7. The molecule has 10 heteroatoms. The lowest BCUT2D eigenvalue weighted by Gasteiger charge is -2.21. The van der Waals surface area contributed by atoms with Crippen LogP contribution in [0, 0.1) is 17.8 Å². The maximum absolute atomic E-state index is 12.2. The Kier molecular flexibility index (Phi) is 5.94. The van der Waals surface area contributed by atoms with E-state index in [0.717, 1.165) is 29.8 Å². The number of nitrogens with two attached hydrogens (primary N) is 1. The third kappa shape index (κ3) is 4.58. The minimum atomic E-state index is -0.740. The fourth-order valence-corrected chi connectivity index (χ4v) is 4.69. The highest BCUT2D eigenvalue weighted by Gasteiger charge is 2.41. The molecule has 2 fully saturated rings. The monoisotopic (exact) mass is 477 g/mol. The quantitative estimate of drug-likeness (QED) is 0.679. The van der Waals surface area contributed by atoms with Crippen molar-refractivity contribution in [2.75, 3.05) is 31.6 Å². The molecule has 2 aliphatic rings. The Hall–Kier alpha value is -2.62. The fourth-order valence-electron chi connectivity index (χ4n) is 4.46. The Morgan fingerprint density at radius 2 is 2.07 bits per heavy atom. The first-order chi connectivity index (χ1) is 14.4. The molecule has 0 bridgehead atoms. The smallest absolute Gasteiger partial charge is 0.374 e. The Bertz CT molecular complexity index is 904. The lowest BCUT2D eigenvalue weighted by atomic mass is 10.0. The molecule has 0 spiro atoms. The number of hydrogen-bond donors (Lipinski definition) is 1. The van der Waals surface area contributed by atoms with Crippen molar-refractivity contribution in [1.29, 1.82) is 0 Å². The van der Waals surface area contributed by atoms with E-state index in [-0.39, 0.29) is 11.6 Å². The summed E-state index contributed by atoms with van der Waals surface area (Å²) in [4.78, 5) is 31.6. The van der Waals surface area contributed by atoms with Crippen molar-refractivity contribution >= 4 is 33.7 Å². The number of fused-ring (bicyclic) bond motifs is 1. The van der Waals surface area contributed by atoms with Crippen LogP contribution >= 0.6 is 15.9 Å². The van der Waals surface area contributed by atoms with E-state index in [1.165, 1.54) is 23.8 Å². The molecule has 30 heavy (non-hydrogen) atoms. The predicted octanol–water partition coefficient (Wildman–Crippen LogP) is 2.91. The molecule has 1 saturated carbocycles. The molecule has 2 atom stereocenters. The number of carbonyl (C=O) groups is 2. The standard InChI is InChI=1S/C20H24BrN5O4/c1-25(20(28)29-18-8-16(19(22)27)24-30-18)5-4-12-6-13-10-26(11-14(13)7-12)17-3-2-15(21)9-23-17/h2-3,8-9,12-14H,4-7,10-11H2,1H3,(H2,22,27). The normalized spacial score (nSPS) is 22.7. The van der Waals surface area contributed by atoms with Gasteiger partial charge in [0.2, 0.25) is 0 Å². The minimum Gasteiger partial charge on any atom is -0.374 e. The van der Waals surface area contributed by atoms with E-state index in [9.17, 15) is 9.59 Å². The summed E-state index contributed by atoms with van der Waals surface area (Å²) in [5, 5.41) is 3.45. The Morgan fingerprint density at radius 1 is 1.33 bits per heavy atom. The Labute approximate surface area is 182 Å². The van der Waals surface area contributed by atoms with Gasteiger partial charge in [0.05, 0.1) is 6.07 Å². The molecule has 0 aromatic carbocycles. The summed E-state index contributed by atoms with van der Waals surface area (Å²) >= 11 is 3.43. The van der Waals surface area contributed by atoms with Crippen LogP contribution in [0.5, 0.6) is 5.95 Å². The highest BCUT2D eigenvalue weighted by molar-refractivity contribution is 9.10. The molecule has 2 N–H and O–H groups in total. The summed E-state index contributed by atoms with van der Waals surface area (Å²) in [5.41, 5.74) is 5.02. The highest BCUT2D eigenvalue weighted by Crippen LogP contribution is 2.43. The van der Waals surface area contributed by atoms with Crippen LogP contribution in [0.1, 0.15) is 29.8 Å². The lowest BCUT2D eigenvalue weighted by Crippen LogP contribution is -2.31. The van der Waals surface area contributed by atoms with Crippen molar-refractivity contribution in [1.82, 2.24) is 15.0 Å². The van der Waals surface area contributed by atoms with Crippen molar-refractivity contribution in [3.63, 3.8) is 0 Å². The van der Waals surface area contributed by atoms with Crippen LogP contribution < -0.4 is 15.4 Å².